The minimum Gasteiger partial charge on any atom is -0.413 e. The molecule has 186 valence electrons. The number of halogens is 3. The summed E-state index contributed by atoms with van der Waals surface area (Å²) < 4.78 is 45.0. The van der Waals surface area contributed by atoms with Crippen molar-refractivity contribution in [1.29, 1.82) is 10.8 Å². The molecule has 0 amide bonds. The molecule has 1 fully saturated rings. The second-order valence-corrected chi connectivity index (χ2v) is 9.31. The number of rotatable bonds is 5. The van der Waals surface area contributed by atoms with E-state index in [0.717, 1.165) is 28.7 Å². The SMILES string of the molecule is CCCc1cc2c(N3CCN(C(=N)C(F)(F)F)C(=N)C3)nc(-c3nnc(-c4ccccc4)o3)nc2s1. The van der Waals surface area contributed by atoms with Gasteiger partial charge >= 0.3 is 6.18 Å². The lowest BCUT2D eigenvalue weighted by atomic mass is 10.2. The number of piperazine rings is 1. The van der Waals surface area contributed by atoms with E-state index in [-0.39, 0.29) is 37.2 Å². The summed E-state index contributed by atoms with van der Waals surface area (Å²) in [4.78, 5) is 13.5. The van der Waals surface area contributed by atoms with Crippen molar-refractivity contribution in [2.24, 2.45) is 0 Å². The van der Waals surface area contributed by atoms with Crippen molar-refractivity contribution in [3.8, 4) is 23.2 Å². The fourth-order valence-electron chi connectivity index (χ4n) is 3.96. The predicted molar refractivity (Wildman–Crippen MR) is 131 cm³/mol. The molecule has 0 saturated carbocycles. The Bertz CT molecular complexity index is 1430. The smallest absolute Gasteiger partial charge is 0.413 e. The van der Waals surface area contributed by atoms with Gasteiger partial charge in [0.2, 0.25) is 17.6 Å². The number of nitrogens with zero attached hydrogens (tertiary/aromatic N) is 6. The van der Waals surface area contributed by atoms with Gasteiger partial charge in [0.1, 0.15) is 16.5 Å². The number of alkyl halides is 3. The van der Waals surface area contributed by atoms with Gasteiger partial charge in [0, 0.05) is 23.5 Å². The van der Waals surface area contributed by atoms with Crippen molar-refractivity contribution in [2.75, 3.05) is 24.5 Å². The molecule has 36 heavy (non-hydrogen) atoms. The Hall–Kier alpha value is -3.87. The first-order chi connectivity index (χ1) is 17.2. The Balaban J connectivity index is 1.52. The number of aryl methyl sites for hydroxylation is 1. The van der Waals surface area contributed by atoms with Gasteiger partial charge in [-0.05, 0) is 24.6 Å². The average Bonchev–Trinajstić information content (AvgIpc) is 3.50. The van der Waals surface area contributed by atoms with Gasteiger partial charge in [-0.15, -0.1) is 21.5 Å². The maximum absolute atomic E-state index is 13.1. The maximum Gasteiger partial charge on any atom is 0.449 e. The minimum absolute atomic E-state index is 0.120. The van der Waals surface area contributed by atoms with Crippen LogP contribution in [-0.2, 0) is 6.42 Å². The van der Waals surface area contributed by atoms with Crippen LogP contribution in [-0.4, -0.2) is 62.5 Å². The van der Waals surface area contributed by atoms with E-state index in [1.165, 1.54) is 11.3 Å². The van der Waals surface area contributed by atoms with Gasteiger partial charge in [0.05, 0.1) is 11.9 Å². The molecule has 13 heteroatoms. The third-order valence-electron chi connectivity index (χ3n) is 5.66. The zero-order valence-electron chi connectivity index (χ0n) is 19.1. The molecule has 0 bridgehead atoms. The lowest BCUT2D eigenvalue weighted by molar-refractivity contribution is -0.0671. The molecule has 2 N–H and O–H groups in total. The van der Waals surface area contributed by atoms with Crippen molar-refractivity contribution in [3.05, 3.63) is 41.3 Å². The summed E-state index contributed by atoms with van der Waals surface area (Å²) in [5.41, 5.74) is 0.746. The van der Waals surface area contributed by atoms with Crippen LogP contribution < -0.4 is 4.90 Å². The molecule has 0 radical (unpaired) electrons. The summed E-state index contributed by atoms with van der Waals surface area (Å²) in [5, 5.41) is 24.6. The van der Waals surface area contributed by atoms with Gasteiger partial charge in [-0.3, -0.25) is 10.8 Å². The predicted octanol–water partition coefficient (Wildman–Crippen LogP) is 5.00. The van der Waals surface area contributed by atoms with Crippen LogP contribution >= 0.6 is 11.3 Å². The second kappa shape index (κ2) is 9.30. The highest BCUT2D eigenvalue weighted by Gasteiger charge is 2.41. The Morgan fingerprint density at radius 1 is 1.11 bits per heavy atom. The minimum atomic E-state index is -4.82. The maximum atomic E-state index is 13.1. The number of thiophene rings is 1. The van der Waals surface area contributed by atoms with E-state index in [1.807, 2.05) is 36.4 Å². The molecule has 4 aromatic rings. The topological polar surface area (TPSA) is 119 Å². The fraction of sp³-hybridized carbons (Fsp3) is 0.304. The normalized spacial score (nSPS) is 14.6. The van der Waals surface area contributed by atoms with Gasteiger partial charge in [-0.25, -0.2) is 9.97 Å². The molecule has 9 nitrogen and oxygen atoms in total. The van der Waals surface area contributed by atoms with Gasteiger partial charge in [0.15, 0.2) is 0 Å². The van der Waals surface area contributed by atoms with E-state index in [9.17, 15) is 13.2 Å². The highest BCUT2D eigenvalue weighted by molar-refractivity contribution is 7.18. The number of benzene rings is 1. The lowest BCUT2D eigenvalue weighted by Gasteiger charge is -2.37. The molecule has 5 rings (SSSR count). The van der Waals surface area contributed by atoms with Crippen LogP contribution in [0.4, 0.5) is 19.0 Å². The average molecular weight is 515 g/mol. The Morgan fingerprint density at radius 3 is 2.56 bits per heavy atom. The highest BCUT2D eigenvalue weighted by Crippen LogP contribution is 2.35. The quantitative estimate of drug-likeness (QED) is 0.284. The summed E-state index contributed by atoms with van der Waals surface area (Å²) in [5.74, 6) is -0.749. The Kier molecular flexibility index (Phi) is 6.16. The van der Waals surface area contributed by atoms with E-state index >= 15 is 0 Å². The third-order valence-corrected chi connectivity index (χ3v) is 6.74. The Labute approximate surface area is 207 Å². The van der Waals surface area contributed by atoms with Crippen molar-refractivity contribution >= 4 is 39.0 Å². The first-order valence-corrected chi connectivity index (χ1v) is 12.0. The summed E-state index contributed by atoms with van der Waals surface area (Å²) in [6.07, 6.45) is -3.03. The molecule has 0 unspecified atom stereocenters. The zero-order chi connectivity index (χ0) is 25.4. The van der Waals surface area contributed by atoms with Crippen molar-refractivity contribution in [2.45, 2.75) is 25.9 Å². The van der Waals surface area contributed by atoms with Gasteiger partial charge < -0.3 is 14.2 Å². The fourth-order valence-corrected chi connectivity index (χ4v) is 5.08. The summed E-state index contributed by atoms with van der Waals surface area (Å²) in [6, 6.07) is 11.3. The summed E-state index contributed by atoms with van der Waals surface area (Å²) >= 11 is 1.51. The number of anilines is 1. The zero-order valence-corrected chi connectivity index (χ0v) is 19.9. The number of nitrogens with one attached hydrogen (secondary N) is 2. The molecule has 1 aliphatic rings. The number of aromatic nitrogens is 4. The monoisotopic (exact) mass is 514 g/mol. The van der Waals surface area contributed by atoms with E-state index in [1.54, 1.807) is 4.90 Å². The van der Waals surface area contributed by atoms with E-state index in [2.05, 4.69) is 27.1 Å². The van der Waals surface area contributed by atoms with Crippen molar-refractivity contribution in [3.63, 3.8) is 0 Å². The van der Waals surface area contributed by atoms with E-state index in [0.29, 0.717) is 21.4 Å². The number of hydrogen-bond donors (Lipinski definition) is 2. The molecule has 1 saturated heterocycles. The van der Waals surface area contributed by atoms with Crippen molar-refractivity contribution in [1.82, 2.24) is 25.1 Å². The van der Waals surface area contributed by atoms with Gasteiger partial charge in [-0.2, -0.15) is 13.2 Å². The van der Waals surface area contributed by atoms with Crippen LogP contribution in [0.2, 0.25) is 0 Å². The van der Waals surface area contributed by atoms with Crippen LogP contribution in [0.1, 0.15) is 18.2 Å². The number of amidine groups is 2. The molecule has 0 atom stereocenters. The summed E-state index contributed by atoms with van der Waals surface area (Å²) in [6.45, 7) is 1.91. The van der Waals surface area contributed by atoms with E-state index in [4.69, 9.17) is 15.2 Å². The third kappa shape index (κ3) is 4.53. The number of hydrogen-bond acceptors (Lipinski definition) is 9. The molecule has 0 spiro atoms. The molecular formula is C23H21F3N8OS. The van der Waals surface area contributed by atoms with Crippen LogP contribution in [0.25, 0.3) is 33.4 Å². The summed E-state index contributed by atoms with van der Waals surface area (Å²) in [7, 11) is 0. The first-order valence-electron chi connectivity index (χ1n) is 11.2. The molecule has 1 aromatic carbocycles. The Morgan fingerprint density at radius 2 is 1.86 bits per heavy atom. The number of fused-ring (bicyclic) bond motifs is 1. The van der Waals surface area contributed by atoms with Crippen LogP contribution in [0, 0.1) is 10.8 Å². The van der Waals surface area contributed by atoms with Crippen LogP contribution in [0.3, 0.4) is 0 Å². The molecule has 3 aromatic heterocycles. The van der Waals surface area contributed by atoms with E-state index < -0.39 is 12.0 Å². The molecule has 0 aliphatic carbocycles. The van der Waals surface area contributed by atoms with Crippen LogP contribution in [0.15, 0.2) is 40.8 Å². The molecule has 4 heterocycles. The van der Waals surface area contributed by atoms with Gasteiger partial charge in [0.25, 0.3) is 5.89 Å². The first kappa shape index (κ1) is 23.9. The second-order valence-electron chi connectivity index (χ2n) is 8.20. The van der Waals surface area contributed by atoms with Crippen molar-refractivity contribution < 1.29 is 17.6 Å². The molecular weight excluding hydrogens is 493 g/mol. The van der Waals surface area contributed by atoms with Gasteiger partial charge in [-0.1, -0.05) is 31.5 Å². The standard InChI is InChI=1S/C23H21F3N8OS/c1-2-6-14-11-15-18(33-9-10-34(16(27)12-33)22(28)23(24,25)26)29-17(30-21(15)36-14)20-32-31-19(35-20)13-7-4-3-5-8-13/h3-5,7-8,11,27-28H,2,6,9-10,12H2,1H3. The largest absolute Gasteiger partial charge is 0.449 e. The highest BCUT2D eigenvalue weighted by atomic mass is 32.1. The van der Waals surface area contributed by atoms with Crippen LogP contribution in [0.5, 0.6) is 0 Å². The lowest BCUT2D eigenvalue weighted by Crippen LogP contribution is -2.55. The molecule has 1 aliphatic heterocycles.